The van der Waals surface area contributed by atoms with Gasteiger partial charge in [-0.25, -0.2) is 4.79 Å². The second-order valence-corrected chi connectivity index (χ2v) is 7.85. The van der Waals surface area contributed by atoms with E-state index in [4.69, 9.17) is 10.5 Å². The zero-order valence-corrected chi connectivity index (χ0v) is 15.1. The Morgan fingerprint density at radius 3 is 2.17 bits per heavy atom. The molecule has 0 aliphatic carbocycles. The lowest BCUT2D eigenvalue weighted by Crippen LogP contribution is -2.58. The number of nitrogens with zero attached hydrogens (tertiary/aromatic N) is 1. The summed E-state index contributed by atoms with van der Waals surface area (Å²) in [5.41, 5.74) is 3.66. The molecule has 0 bridgehead atoms. The van der Waals surface area contributed by atoms with Crippen molar-refractivity contribution in [2.75, 3.05) is 13.1 Å². The lowest BCUT2D eigenvalue weighted by atomic mass is 9.70. The molecule has 1 saturated heterocycles. The molecule has 132 valence electrons. The van der Waals surface area contributed by atoms with E-state index in [9.17, 15) is 14.4 Å². The number of primary amides is 1. The lowest BCUT2D eigenvalue weighted by molar-refractivity contribution is -0.147. The molecular formula is C17H30N2O4. The van der Waals surface area contributed by atoms with Crippen molar-refractivity contribution < 1.29 is 19.1 Å². The van der Waals surface area contributed by atoms with Crippen molar-refractivity contribution in [3.8, 4) is 0 Å². The Hall–Kier alpha value is -1.59. The molecule has 0 spiro atoms. The molecule has 6 nitrogen and oxygen atoms in total. The van der Waals surface area contributed by atoms with E-state index in [2.05, 4.69) is 0 Å². The predicted molar refractivity (Wildman–Crippen MR) is 87.7 cm³/mol. The number of amides is 2. The van der Waals surface area contributed by atoms with Crippen LogP contribution in [0.1, 0.15) is 54.4 Å². The molecule has 1 aliphatic rings. The topological polar surface area (TPSA) is 89.7 Å². The monoisotopic (exact) mass is 326 g/mol. The summed E-state index contributed by atoms with van der Waals surface area (Å²) in [5, 5.41) is 0. The van der Waals surface area contributed by atoms with Gasteiger partial charge in [0.25, 0.3) is 0 Å². The van der Waals surface area contributed by atoms with Gasteiger partial charge in [-0.2, -0.15) is 0 Å². The molecule has 2 amide bonds. The summed E-state index contributed by atoms with van der Waals surface area (Å²) in [6.45, 7) is 11.5. The zero-order valence-electron chi connectivity index (χ0n) is 15.1. The van der Waals surface area contributed by atoms with Crippen molar-refractivity contribution in [3.05, 3.63) is 0 Å². The van der Waals surface area contributed by atoms with Gasteiger partial charge in [0.2, 0.25) is 5.91 Å². The number of carbonyl (C=O) groups is 3. The quantitative estimate of drug-likeness (QED) is 0.803. The van der Waals surface area contributed by atoms with Crippen LogP contribution in [0.5, 0.6) is 0 Å². The lowest BCUT2D eigenvalue weighted by Gasteiger charge is -2.41. The van der Waals surface area contributed by atoms with Crippen molar-refractivity contribution in [1.82, 2.24) is 4.90 Å². The van der Waals surface area contributed by atoms with E-state index in [1.165, 1.54) is 4.90 Å². The first kappa shape index (κ1) is 19.5. The summed E-state index contributed by atoms with van der Waals surface area (Å²) in [7, 11) is 0. The molecule has 1 heterocycles. The SMILES string of the molecule is CC(C)C(C)C(=O)C1(C(N)=O)CCCN(C(=O)OC(C)(C)C)C1. The number of carbonyl (C=O) groups excluding carboxylic acids is 3. The summed E-state index contributed by atoms with van der Waals surface area (Å²) >= 11 is 0. The number of hydrogen-bond donors (Lipinski definition) is 1. The van der Waals surface area contributed by atoms with Crippen LogP contribution >= 0.6 is 0 Å². The van der Waals surface area contributed by atoms with Crippen molar-refractivity contribution in [2.45, 2.75) is 60.0 Å². The molecule has 0 aromatic carbocycles. The summed E-state index contributed by atoms with van der Waals surface area (Å²) in [5.74, 6) is -1.01. The summed E-state index contributed by atoms with van der Waals surface area (Å²) < 4.78 is 5.36. The number of hydrogen-bond acceptors (Lipinski definition) is 4. The molecule has 1 fully saturated rings. The zero-order chi connectivity index (χ0) is 18.0. The third-order valence-corrected chi connectivity index (χ3v) is 4.50. The molecule has 0 aromatic heterocycles. The van der Waals surface area contributed by atoms with Crippen LogP contribution in [0.4, 0.5) is 4.79 Å². The molecule has 2 unspecified atom stereocenters. The molecule has 0 saturated carbocycles. The molecule has 0 radical (unpaired) electrons. The van der Waals surface area contributed by atoms with Gasteiger partial charge in [-0.1, -0.05) is 20.8 Å². The fourth-order valence-electron chi connectivity index (χ4n) is 2.80. The van der Waals surface area contributed by atoms with Gasteiger partial charge in [0.15, 0.2) is 5.78 Å². The summed E-state index contributed by atoms with van der Waals surface area (Å²) in [4.78, 5) is 38.7. The van der Waals surface area contributed by atoms with Gasteiger partial charge in [0.05, 0.1) is 0 Å². The minimum Gasteiger partial charge on any atom is -0.444 e. The van der Waals surface area contributed by atoms with Gasteiger partial charge in [0.1, 0.15) is 11.0 Å². The maximum atomic E-state index is 12.9. The number of rotatable bonds is 4. The smallest absolute Gasteiger partial charge is 0.410 e. The molecule has 1 rings (SSSR count). The number of piperidine rings is 1. The number of Topliss-reactive ketones (excluding diaryl/α,β-unsaturated/α-hetero) is 1. The fourth-order valence-corrected chi connectivity index (χ4v) is 2.80. The first-order valence-corrected chi connectivity index (χ1v) is 8.23. The van der Waals surface area contributed by atoms with Crippen LogP contribution < -0.4 is 5.73 Å². The van der Waals surface area contributed by atoms with Crippen LogP contribution in [0, 0.1) is 17.3 Å². The van der Waals surface area contributed by atoms with Gasteiger partial charge in [0, 0.05) is 19.0 Å². The average Bonchev–Trinajstić information content (AvgIpc) is 2.43. The largest absolute Gasteiger partial charge is 0.444 e. The van der Waals surface area contributed by atoms with Crippen molar-refractivity contribution in [3.63, 3.8) is 0 Å². The molecule has 23 heavy (non-hydrogen) atoms. The van der Waals surface area contributed by atoms with E-state index in [0.29, 0.717) is 19.4 Å². The Kier molecular flexibility index (Phi) is 5.83. The van der Waals surface area contributed by atoms with Crippen LogP contribution in [-0.4, -0.2) is 41.4 Å². The fraction of sp³-hybridized carbons (Fsp3) is 0.824. The van der Waals surface area contributed by atoms with Gasteiger partial charge in [-0.15, -0.1) is 0 Å². The molecule has 6 heteroatoms. The average molecular weight is 326 g/mol. The van der Waals surface area contributed by atoms with Gasteiger partial charge < -0.3 is 15.4 Å². The highest BCUT2D eigenvalue weighted by atomic mass is 16.6. The second-order valence-electron chi connectivity index (χ2n) is 7.85. The Balaban J connectivity index is 3.03. The van der Waals surface area contributed by atoms with Crippen molar-refractivity contribution in [1.29, 1.82) is 0 Å². The number of ketones is 1. The normalized spacial score (nSPS) is 23.5. The first-order chi connectivity index (χ1) is 10.4. The highest BCUT2D eigenvalue weighted by Gasteiger charge is 2.50. The maximum absolute atomic E-state index is 12.9. The van der Waals surface area contributed by atoms with E-state index >= 15 is 0 Å². The molecule has 0 aromatic rings. The van der Waals surface area contributed by atoms with E-state index in [0.717, 1.165) is 0 Å². The number of nitrogens with two attached hydrogens (primary N) is 1. The predicted octanol–water partition coefficient (Wildman–Crippen LogP) is 2.35. The molecular weight excluding hydrogens is 296 g/mol. The highest BCUT2D eigenvalue weighted by molar-refractivity contribution is 6.07. The van der Waals surface area contributed by atoms with Crippen molar-refractivity contribution in [2.24, 2.45) is 23.0 Å². The first-order valence-electron chi connectivity index (χ1n) is 8.23. The Morgan fingerprint density at radius 1 is 1.17 bits per heavy atom. The molecule has 2 atom stereocenters. The van der Waals surface area contributed by atoms with E-state index in [1.54, 1.807) is 20.8 Å². The molecule has 2 N–H and O–H groups in total. The van der Waals surface area contributed by atoms with Crippen LogP contribution in [0.15, 0.2) is 0 Å². The number of likely N-dealkylation sites (tertiary alicyclic amines) is 1. The minimum atomic E-state index is -1.31. The summed E-state index contributed by atoms with van der Waals surface area (Å²) in [6, 6.07) is 0. The third-order valence-electron chi connectivity index (χ3n) is 4.50. The Bertz CT molecular complexity index is 481. The van der Waals surface area contributed by atoms with Crippen LogP contribution in [0.2, 0.25) is 0 Å². The Labute approximate surface area is 138 Å². The van der Waals surface area contributed by atoms with Crippen LogP contribution in [0.25, 0.3) is 0 Å². The second kappa shape index (κ2) is 6.89. The van der Waals surface area contributed by atoms with Crippen LogP contribution in [-0.2, 0) is 14.3 Å². The highest BCUT2D eigenvalue weighted by Crippen LogP contribution is 2.35. The van der Waals surface area contributed by atoms with Gasteiger partial charge in [-0.3, -0.25) is 9.59 Å². The van der Waals surface area contributed by atoms with E-state index in [-0.39, 0.29) is 24.2 Å². The third kappa shape index (κ3) is 4.45. The molecule has 1 aliphatic heterocycles. The van der Waals surface area contributed by atoms with Crippen molar-refractivity contribution >= 4 is 17.8 Å². The van der Waals surface area contributed by atoms with Gasteiger partial charge in [-0.05, 0) is 39.5 Å². The maximum Gasteiger partial charge on any atom is 0.410 e. The van der Waals surface area contributed by atoms with Crippen LogP contribution in [0.3, 0.4) is 0 Å². The van der Waals surface area contributed by atoms with E-state index in [1.807, 2.05) is 20.8 Å². The summed E-state index contributed by atoms with van der Waals surface area (Å²) in [6.07, 6.45) is 0.434. The Morgan fingerprint density at radius 2 is 1.74 bits per heavy atom. The number of ether oxygens (including phenoxy) is 1. The van der Waals surface area contributed by atoms with Gasteiger partial charge >= 0.3 is 6.09 Å². The standard InChI is InChI=1S/C17H30N2O4/c1-11(2)12(3)13(20)17(14(18)21)8-7-9-19(10-17)15(22)23-16(4,5)6/h11-12H,7-10H2,1-6H3,(H2,18,21). The minimum absolute atomic E-state index is 0.00708. The van der Waals surface area contributed by atoms with E-state index < -0.39 is 23.0 Å².